The summed E-state index contributed by atoms with van der Waals surface area (Å²) in [7, 11) is 3.17. The molecule has 5 nitrogen and oxygen atoms in total. The summed E-state index contributed by atoms with van der Waals surface area (Å²) >= 11 is 0. The molecule has 1 fully saturated rings. The minimum atomic E-state index is -0.296. The summed E-state index contributed by atoms with van der Waals surface area (Å²) in [5, 5.41) is 3.29. The fourth-order valence-electron chi connectivity index (χ4n) is 2.36. The largest absolute Gasteiger partial charge is 0.497 e. The first kappa shape index (κ1) is 14.5. The molecule has 2 unspecified atom stereocenters. The normalized spacial score (nSPS) is 20.9. The average Bonchev–Trinajstić information content (AvgIpc) is 2.48. The number of methoxy groups -OCH3 is 1. The van der Waals surface area contributed by atoms with Gasteiger partial charge in [0, 0.05) is 19.5 Å². The van der Waals surface area contributed by atoms with Crippen LogP contribution in [0.2, 0.25) is 0 Å². The van der Waals surface area contributed by atoms with Crippen molar-refractivity contribution >= 4 is 11.8 Å². The van der Waals surface area contributed by atoms with Crippen molar-refractivity contribution in [2.75, 3.05) is 14.2 Å². The van der Waals surface area contributed by atoms with Gasteiger partial charge in [-0.3, -0.25) is 19.8 Å². The van der Waals surface area contributed by atoms with Crippen LogP contribution in [0.15, 0.2) is 24.3 Å². The molecule has 1 aromatic carbocycles. The van der Waals surface area contributed by atoms with E-state index in [4.69, 9.17) is 4.74 Å². The van der Waals surface area contributed by atoms with Gasteiger partial charge in [-0.25, -0.2) is 0 Å². The molecule has 0 saturated carbocycles. The van der Waals surface area contributed by atoms with E-state index in [1.54, 1.807) is 7.11 Å². The van der Waals surface area contributed by atoms with Gasteiger partial charge in [-0.2, -0.15) is 0 Å². The second-order valence-electron chi connectivity index (χ2n) is 5.04. The van der Waals surface area contributed by atoms with E-state index in [2.05, 4.69) is 5.32 Å². The number of benzene rings is 1. The van der Waals surface area contributed by atoms with Crippen LogP contribution in [0.5, 0.6) is 5.75 Å². The van der Waals surface area contributed by atoms with E-state index in [9.17, 15) is 9.59 Å². The molecule has 0 radical (unpaired) electrons. The summed E-state index contributed by atoms with van der Waals surface area (Å²) in [6.45, 7) is 2.01. The molecule has 0 aromatic heterocycles. The Hall–Kier alpha value is -1.88. The van der Waals surface area contributed by atoms with E-state index in [0.717, 1.165) is 11.3 Å². The zero-order chi connectivity index (χ0) is 14.7. The Balaban J connectivity index is 2.01. The molecular formula is C15H20N2O3. The maximum absolute atomic E-state index is 12.0. The number of amides is 2. The van der Waals surface area contributed by atoms with Crippen molar-refractivity contribution in [1.29, 1.82) is 0 Å². The molecule has 1 N–H and O–H groups in total. The summed E-state index contributed by atoms with van der Waals surface area (Å²) in [6.07, 6.45) is 0.970. The van der Waals surface area contributed by atoms with Crippen molar-refractivity contribution < 1.29 is 14.3 Å². The van der Waals surface area contributed by atoms with Gasteiger partial charge in [0.2, 0.25) is 11.8 Å². The van der Waals surface area contributed by atoms with Crippen LogP contribution in [0.4, 0.5) is 0 Å². The first-order valence-corrected chi connectivity index (χ1v) is 6.73. The molecule has 1 aromatic rings. The molecular weight excluding hydrogens is 256 g/mol. The molecule has 2 atom stereocenters. The zero-order valence-electron chi connectivity index (χ0n) is 12.1. The Morgan fingerprint density at radius 3 is 2.55 bits per heavy atom. The van der Waals surface area contributed by atoms with Crippen LogP contribution in [0, 0.1) is 0 Å². The monoisotopic (exact) mass is 276 g/mol. The molecule has 1 heterocycles. The molecule has 0 bridgehead atoms. The molecule has 0 aliphatic carbocycles. The van der Waals surface area contributed by atoms with Gasteiger partial charge in [0.05, 0.1) is 13.2 Å². The Labute approximate surface area is 118 Å². The van der Waals surface area contributed by atoms with E-state index in [0.29, 0.717) is 12.8 Å². The molecule has 0 spiro atoms. The quantitative estimate of drug-likeness (QED) is 0.847. The summed E-state index contributed by atoms with van der Waals surface area (Å²) in [6, 6.07) is 7.47. The van der Waals surface area contributed by atoms with Gasteiger partial charge < -0.3 is 4.74 Å². The predicted molar refractivity (Wildman–Crippen MR) is 75.3 cm³/mol. The van der Waals surface area contributed by atoms with Gasteiger partial charge in [0.15, 0.2) is 0 Å². The van der Waals surface area contributed by atoms with Crippen LogP contribution in [0.3, 0.4) is 0 Å². The highest BCUT2D eigenvalue weighted by molar-refractivity contribution is 6.00. The lowest BCUT2D eigenvalue weighted by Gasteiger charge is -2.30. The minimum Gasteiger partial charge on any atom is -0.497 e. The lowest BCUT2D eigenvalue weighted by atomic mass is 10.0. The standard InChI is InChI=1S/C15H20N2O3/c1-10(11-4-6-12(20-3)7-5-11)16-13-8-9-14(18)17(2)15(13)19/h4-7,10,13,16H,8-9H2,1-3H3. The molecule has 20 heavy (non-hydrogen) atoms. The third kappa shape index (κ3) is 2.99. The predicted octanol–water partition coefficient (Wildman–Crippen LogP) is 1.49. The third-order valence-corrected chi connectivity index (χ3v) is 3.72. The van der Waals surface area contributed by atoms with Gasteiger partial charge in [-0.15, -0.1) is 0 Å². The summed E-state index contributed by atoms with van der Waals surface area (Å²) < 4.78 is 5.12. The number of imide groups is 1. The Morgan fingerprint density at radius 2 is 1.95 bits per heavy atom. The van der Waals surface area contributed by atoms with Crippen LogP contribution in [0.1, 0.15) is 31.4 Å². The minimum absolute atomic E-state index is 0.0384. The highest BCUT2D eigenvalue weighted by Crippen LogP contribution is 2.20. The molecule has 2 amide bonds. The van der Waals surface area contributed by atoms with Crippen molar-refractivity contribution in [3.8, 4) is 5.75 Å². The van der Waals surface area contributed by atoms with Gasteiger partial charge in [-0.1, -0.05) is 12.1 Å². The van der Waals surface area contributed by atoms with Crippen molar-refractivity contribution in [3.63, 3.8) is 0 Å². The van der Waals surface area contributed by atoms with Crippen molar-refractivity contribution in [3.05, 3.63) is 29.8 Å². The number of nitrogens with one attached hydrogen (secondary N) is 1. The second kappa shape index (κ2) is 6.05. The topological polar surface area (TPSA) is 58.6 Å². The van der Waals surface area contributed by atoms with Crippen LogP contribution >= 0.6 is 0 Å². The number of nitrogens with zero attached hydrogens (tertiary/aromatic N) is 1. The van der Waals surface area contributed by atoms with Gasteiger partial charge in [0.1, 0.15) is 5.75 Å². The number of likely N-dealkylation sites (N-methyl/N-ethyl adjacent to an activating group) is 1. The van der Waals surface area contributed by atoms with Gasteiger partial charge in [0.25, 0.3) is 0 Å². The molecule has 1 aliphatic rings. The van der Waals surface area contributed by atoms with Crippen molar-refractivity contribution in [2.24, 2.45) is 0 Å². The maximum Gasteiger partial charge on any atom is 0.246 e. The van der Waals surface area contributed by atoms with Gasteiger partial charge in [-0.05, 0) is 31.0 Å². The SMILES string of the molecule is COc1ccc(C(C)NC2CCC(=O)N(C)C2=O)cc1. The third-order valence-electron chi connectivity index (χ3n) is 3.72. The molecule has 1 saturated heterocycles. The highest BCUT2D eigenvalue weighted by atomic mass is 16.5. The van der Waals surface area contributed by atoms with Crippen LogP contribution in [-0.2, 0) is 9.59 Å². The van der Waals surface area contributed by atoms with Crippen LogP contribution in [0.25, 0.3) is 0 Å². The van der Waals surface area contributed by atoms with E-state index in [-0.39, 0.29) is 23.9 Å². The molecule has 2 rings (SSSR count). The Kier molecular flexibility index (Phi) is 4.39. The first-order chi connectivity index (χ1) is 9.52. The van der Waals surface area contributed by atoms with Crippen LogP contribution < -0.4 is 10.1 Å². The molecule has 1 aliphatic heterocycles. The summed E-state index contributed by atoms with van der Waals surface area (Å²) in [4.78, 5) is 24.7. The fraction of sp³-hybridized carbons (Fsp3) is 0.467. The van der Waals surface area contributed by atoms with E-state index in [1.807, 2.05) is 31.2 Å². The number of hydrogen-bond acceptors (Lipinski definition) is 4. The first-order valence-electron chi connectivity index (χ1n) is 6.73. The lowest BCUT2D eigenvalue weighted by molar-refractivity contribution is -0.148. The van der Waals surface area contributed by atoms with E-state index in [1.165, 1.54) is 11.9 Å². The Bertz CT molecular complexity index is 498. The number of carbonyl (C=O) groups is 2. The van der Waals surface area contributed by atoms with Gasteiger partial charge >= 0.3 is 0 Å². The molecule has 108 valence electrons. The molecule has 5 heteroatoms. The smallest absolute Gasteiger partial charge is 0.246 e. The fourth-order valence-corrected chi connectivity index (χ4v) is 2.36. The second-order valence-corrected chi connectivity index (χ2v) is 5.04. The number of carbonyl (C=O) groups excluding carboxylic acids is 2. The zero-order valence-corrected chi connectivity index (χ0v) is 12.1. The van der Waals surface area contributed by atoms with E-state index >= 15 is 0 Å². The lowest BCUT2D eigenvalue weighted by Crippen LogP contribution is -2.51. The van der Waals surface area contributed by atoms with E-state index < -0.39 is 0 Å². The average molecular weight is 276 g/mol. The summed E-state index contributed by atoms with van der Waals surface area (Å²) in [5.41, 5.74) is 1.08. The van der Waals surface area contributed by atoms with Crippen molar-refractivity contribution in [2.45, 2.75) is 31.8 Å². The number of hydrogen-bond donors (Lipinski definition) is 1. The Morgan fingerprint density at radius 1 is 1.30 bits per heavy atom. The highest BCUT2D eigenvalue weighted by Gasteiger charge is 2.32. The number of ether oxygens (including phenoxy) is 1. The number of rotatable bonds is 4. The summed E-state index contributed by atoms with van der Waals surface area (Å²) in [5.74, 6) is 0.548. The van der Waals surface area contributed by atoms with Crippen molar-refractivity contribution in [1.82, 2.24) is 10.2 Å². The van der Waals surface area contributed by atoms with Crippen LogP contribution in [-0.4, -0.2) is 36.9 Å². The number of likely N-dealkylation sites (tertiary alicyclic amines) is 1. The number of piperidine rings is 1. The maximum atomic E-state index is 12.0.